The Kier molecular flexibility index (Phi) is 7.15. The number of rotatable bonds is 2. The van der Waals surface area contributed by atoms with Gasteiger partial charge in [0.2, 0.25) is 11.6 Å². The maximum Gasteiger partial charge on any atom is 0.271 e. The Bertz CT molecular complexity index is 2880. The molecule has 0 saturated carbocycles. The first-order valence-electron chi connectivity index (χ1n) is 14.8. The van der Waals surface area contributed by atoms with Gasteiger partial charge in [-0.25, -0.2) is 47.8 Å². The second kappa shape index (κ2) is 11.3. The van der Waals surface area contributed by atoms with Crippen molar-refractivity contribution in [3.05, 3.63) is 127 Å². The molecule has 3 aromatic heterocycles. The van der Waals surface area contributed by atoms with E-state index in [0.29, 0.717) is 10.0 Å². The minimum absolute atomic E-state index is 0.0807. The largest absolute Gasteiger partial charge is 0.287 e. The van der Waals surface area contributed by atoms with Crippen LogP contribution in [0, 0.1) is 59.1 Å². The van der Waals surface area contributed by atoms with E-state index in [1.165, 1.54) is 34.0 Å². The van der Waals surface area contributed by atoms with Gasteiger partial charge in [-0.1, -0.05) is 13.8 Å². The molecule has 8 nitrogen and oxygen atoms in total. The number of hydrogen-bond donors (Lipinski definition) is 0. The summed E-state index contributed by atoms with van der Waals surface area (Å²) in [5.74, 6) is -6.44. The topological polar surface area (TPSA) is 115 Å². The number of fused-ring (bicyclic) bond motifs is 7. The number of ketones is 2. The van der Waals surface area contributed by atoms with Crippen LogP contribution in [0.25, 0.3) is 40.0 Å². The first-order chi connectivity index (χ1) is 24.8. The molecule has 0 atom stereocenters. The van der Waals surface area contributed by atoms with Gasteiger partial charge in [-0.05, 0) is 58.7 Å². The predicted octanol–water partition coefficient (Wildman–Crippen LogP) is 10.1. The molecule has 0 aliphatic heterocycles. The van der Waals surface area contributed by atoms with E-state index in [1.807, 2.05) is 13.8 Å². The highest BCUT2D eigenvalue weighted by Crippen LogP contribution is 2.61. The van der Waals surface area contributed by atoms with Crippen LogP contribution < -0.4 is 0 Å². The molecule has 0 amide bonds. The van der Waals surface area contributed by atoms with Crippen molar-refractivity contribution in [2.24, 2.45) is 9.98 Å². The van der Waals surface area contributed by atoms with Gasteiger partial charge >= 0.3 is 0 Å². The van der Waals surface area contributed by atoms with Crippen LogP contribution in [0.15, 0.2) is 57.8 Å². The minimum Gasteiger partial charge on any atom is -0.287 e. The molecule has 0 fully saturated rings. The molecule has 0 bridgehead atoms. The Morgan fingerprint density at radius 3 is 1.62 bits per heavy atom. The number of allylic oxidation sites excluding steroid dienone is 4. The molecule has 52 heavy (non-hydrogen) atoms. The Hall–Kier alpha value is -6.36. The van der Waals surface area contributed by atoms with Crippen molar-refractivity contribution in [1.82, 2.24) is 0 Å². The van der Waals surface area contributed by atoms with Crippen LogP contribution >= 0.6 is 34.0 Å². The van der Waals surface area contributed by atoms with Crippen molar-refractivity contribution in [3.63, 3.8) is 0 Å². The zero-order valence-electron chi connectivity index (χ0n) is 26.2. The van der Waals surface area contributed by atoms with E-state index >= 15 is 0 Å². The van der Waals surface area contributed by atoms with Gasteiger partial charge in [-0.15, -0.1) is 34.0 Å². The number of nitriles is 2. The van der Waals surface area contributed by atoms with Gasteiger partial charge in [0.05, 0.1) is 39.7 Å². The van der Waals surface area contributed by atoms with E-state index in [0.717, 1.165) is 54.5 Å². The number of halogens is 4. The lowest BCUT2D eigenvalue weighted by molar-refractivity contribution is 0.106. The predicted molar refractivity (Wildman–Crippen MR) is 189 cm³/mol. The molecule has 8 rings (SSSR count). The smallest absolute Gasteiger partial charge is 0.271 e. The van der Waals surface area contributed by atoms with E-state index in [1.54, 1.807) is 24.3 Å². The lowest BCUT2D eigenvalue weighted by atomic mass is 9.84. The Morgan fingerprint density at radius 1 is 0.692 bits per heavy atom. The Morgan fingerprint density at radius 2 is 1.15 bits per heavy atom. The summed E-state index contributed by atoms with van der Waals surface area (Å²) in [7, 11) is 0. The van der Waals surface area contributed by atoms with E-state index < -0.39 is 51.6 Å². The van der Waals surface area contributed by atoms with Crippen molar-refractivity contribution >= 4 is 87.5 Å². The van der Waals surface area contributed by atoms with Crippen molar-refractivity contribution in [1.29, 1.82) is 10.5 Å². The number of thiophene rings is 3. The molecule has 0 N–H and O–H groups in total. The first kappa shape index (κ1) is 32.8. The van der Waals surface area contributed by atoms with Gasteiger partial charge in [0.1, 0.15) is 21.4 Å². The number of hydrogen-bond acceptors (Lipinski definition) is 9. The van der Waals surface area contributed by atoms with Crippen LogP contribution in [-0.2, 0) is 5.41 Å². The standard InChI is InChI=1S/C37H12F4N6O2S3/c1-37(2)17-9-25(46-30-27(22(11-42)44-3)13-5-18(38)20(40)7-15(13)32(30)48)51-34(17)36-29(37)35-24(50-36)10-26(52-35)47-31-28(23(12-43)45-4)14-6-19(39)21(41)8-16(14)33(31)49/h5-10H,1-2H3/b27-22+,28-23?,46-30?,47-31?. The zero-order valence-corrected chi connectivity index (χ0v) is 28.6. The molecule has 0 unspecified atom stereocenters. The van der Waals surface area contributed by atoms with Crippen molar-refractivity contribution in [3.8, 4) is 21.9 Å². The molecule has 0 saturated heterocycles. The second-order valence-electron chi connectivity index (χ2n) is 12.1. The quantitative estimate of drug-likeness (QED) is 0.102. The van der Waals surface area contributed by atoms with Gasteiger partial charge in [0, 0.05) is 32.4 Å². The van der Waals surface area contributed by atoms with Crippen molar-refractivity contribution < 1.29 is 27.2 Å². The Balaban J connectivity index is 1.22. The van der Waals surface area contributed by atoms with Crippen LogP contribution in [0.4, 0.5) is 27.6 Å². The molecule has 0 spiro atoms. The number of nitrogens with zero attached hydrogens (tertiary/aromatic N) is 6. The van der Waals surface area contributed by atoms with Crippen LogP contribution in [-0.4, -0.2) is 23.0 Å². The molecule has 5 aromatic rings. The molecular weight excluding hydrogens is 733 g/mol. The van der Waals surface area contributed by atoms with Crippen molar-refractivity contribution in [2.45, 2.75) is 19.3 Å². The fourth-order valence-corrected chi connectivity index (χ4v) is 10.8. The van der Waals surface area contributed by atoms with E-state index in [2.05, 4.69) is 19.7 Å². The maximum absolute atomic E-state index is 14.2. The van der Waals surface area contributed by atoms with Gasteiger partial charge in [0.15, 0.2) is 23.3 Å². The number of Topliss-reactive ketones (excluding diaryl/α,β-unsaturated/α-hetero) is 2. The van der Waals surface area contributed by atoms with Gasteiger partial charge in [-0.2, -0.15) is 0 Å². The summed E-state index contributed by atoms with van der Waals surface area (Å²) in [6.07, 6.45) is 0. The average Bonchev–Trinajstić information content (AvgIpc) is 3.92. The maximum atomic E-state index is 14.2. The summed E-state index contributed by atoms with van der Waals surface area (Å²) in [6, 6.07) is 10.0. The number of carbonyl (C=O) groups is 2. The highest BCUT2D eigenvalue weighted by atomic mass is 32.1. The van der Waals surface area contributed by atoms with Crippen LogP contribution in [0.1, 0.15) is 56.8 Å². The average molecular weight is 745 g/mol. The molecule has 3 heterocycles. The van der Waals surface area contributed by atoms with E-state index in [4.69, 9.17) is 13.1 Å². The Labute approximate surface area is 302 Å². The zero-order chi connectivity index (χ0) is 37.0. The van der Waals surface area contributed by atoms with E-state index in [-0.39, 0.29) is 44.8 Å². The number of carbonyl (C=O) groups excluding carboxylic acids is 2. The summed E-state index contributed by atoms with van der Waals surface area (Å²) in [5.41, 5.74) is -1.12. The molecule has 0 radical (unpaired) electrons. The molecule has 3 aliphatic carbocycles. The normalized spacial score (nSPS) is 18.5. The lowest BCUT2D eigenvalue weighted by Crippen LogP contribution is -2.13. The third-order valence-corrected chi connectivity index (χ3v) is 12.5. The number of benzene rings is 2. The summed E-state index contributed by atoms with van der Waals surface area (Å²) in [6.45, 7) is 18.9. The van der Waals surface area contributed by atoms with Crippen LogP contribution in [0.5, 0.6) is 0 Å². The molecular formula is C37H12F4N6O2S3. The fraction of sp³-hybridized carbons (Fsp3) is 0.0811. The van der Waals surface area contributed by atoms with Crippen LogP contribution in [0.3, 0.4) is 0 Å². The van der Waals surface area contributed by atoms with Gasteiger partial charge in [0.25, 0.3) is 11.4 Å². The summed E-state index contributed by atoms with van der Waals surface area (Å²) >= 11 is 3.98. The molecule has 2 aromatic carbocycles. The molecule has 3 aliphatic rings. The monoisotopic (exact) mass is 744 g/mol. The summed E-state index contributed by atoms with van der Waals surface area (Å²) in [5, 5.41) is 20.0. The van der Waals surface area contributed by atoms with Crippen LogP contribution in [0.2, 0.25) is 0 Å². The summed E-state index contributed by atoms with van der Waals surface area (Å²) < 4.78 is 58.3. The second-order valence-corrected chi connectivity index (χ2v) is 15.2. The highest BCUT2D eigenvalue weighted by molar-refractivity contribution is 7.33. The third-order valence-electron chi connectivity index (χ3n) is 8.98. The highest BCUT2D eigenvalue weighted by Gasteiger charge is 2.43. The first-order valence-corrected chi connectivity index (χ1v) is 17.3. The summed E-state index contributed by atoms with van der Waals surface area (Å²) in [4.78, 5) is 44.0. The van der Waals surface area contributed by atoms with Gasteiger partial charge < -0.3 is 0 Å². The third kappa shape index (κ3) is 4.44. The lowest BCUT2D eigenvalue weighted by Gasteiger charge is -2.19. The number of aliphatic imine (C=N–C) groups is 2. The van der Waals surface area contributed by atoms with Crippen molar-refractivity contribution in [2.75, 3.05) is 0 Å². The SMILES string of the molecule is [C-]#[N+]C(C#N)=C1C(=Nc2cc3sc4c(c3s2)C(C)(C)c2cc(N=C3C(=O)c5cc(F)c(F)cc5/C3=C(/C#N)[N+]#[C-])sc2-4)C(=O)c2cc(F)c(F)cc21. The van der Waals surface area contributed by atoms with E-state index in [9.17, 15) is 37.7 Å². The van der Waals surface area contributed by atoms with Gasteiger partial charge in [-0.3, -0.25) is 9.59 Å². The molecule has 248 valence electrons. The minimum atomic E-state index is -1.25. The fourth-order valence-electron chi connectivity index (χ4n) is 6.67. The molecule has 15 heteroatoms.